The Bertz CT molecular complexity index is 615. The fourth-order valence-electron chi connectivity index (χ4n) is 1.51. The molecule has 2 aromatic carbocycles. The van der Waals surface area contributed by atoms with Crippen molar-refractivity contribution in [3.63, 3.8) is 0 Å². The number of halogens is 3. The maximum Gasteiger partial charge on any atom is 0.195 e. The summed E-state index contributed by atoms with van der Waals surface area (Å²) in [7, 11) is 0. The quantitative estimate of drug-likeness (QED) is 0.690. The van der Waals surface area contributed by atoms with Crippen LogP contribution in [0.25, 0.3) is 11.1 Å². The maximum atomic E-state index is 13.5. The molecule has 0 bridgehead atoms. The molecule has 0 fully saturated rings. The van der Waals surface area contributed by atoms with E-state index in [0.717, 1.165) is 12.1 Å². The van der Waals surface area contributed by atoms with E-state index in [4.69, 9.17) is 5.26 Å². The van der Waals surface area contributed by atoms with E-state index >= 15 is 0 Å². The van der Waals surface area contributed by atoms with Crippen LogP contribution in [0.2, 0.25) is 0 Å². The Labute approximate surface area is 95.7 Å². The minimum absolute atomic E-state index is 0.0685. The van der Waals surface area contributed by atoms with Crippen molar-refractivity contribution in [2.45, 2.75) is 0 Å². The summed E-state index contributed by atoms with van der Waals surface area (Å²) < 4.78 is 39.3. The fraction of sp³-hybridized carbons (Fsp3) is 0. The topological polar surface area (TPSA) is 23.8 Å². The highest BCUT2D eigenvalue weighted by atomic mass is 19.2. The first kappa shape index (κ1) is 11.2. The van der Waals surface area contributed by atoms with E-state index in [9.17, 15) is 13.2 Å². The average molecular weight is 233 g/mol. The average Bonchev–Trinajstić information content (AvgIpc) is 2.36. The van der Waals surface area contributed by atoms with Gasteiger partial charge in [-0.15, -0.1) is 0 Å². The lowest BCUT2D eigenvalue weighted by molar-refractivity contribution is 0.449. The Morgan fingerprint density at radius 2 is 1.71 bits per heavy atom. The van der Waals surface area contributed by atoms with Crippen LogP contribution in [-0.2, 0) is 0 Å². The molecule has 84 valence electrons. The number of hydrogen-bond acceptors (Lipinski definition) is 1. The van der Waals surface area contributed by atoms with E-state index in [-0.39, 0.29) is 5.56 Å². The molecule has 0 aliphatic rings. The standard InChI is InChI=1S/C13H6F3N/c14-11-5-4-10(12(15)13(11)16)9-3-1-2-8(6-9)7-17/h1-6H. The van der Waals surface area contributed by atoms with Crippen molar-refractivity contribution in [2.75, 3.05) is 0 Å². The SMILES string of the molecule is N#Cc1cccc(-c2ccc(F)c(F)c2F)c1. The molecule has 17 heavy (non-hydrogen) atoms. The fourth-order valence-corrected chi connectivity index (χ4v) is 1.51. The summed E-state index contributed by atoms with van der Waals surface area (Å²) in [5.74, 6) is -3.99. The van der Waals surface area contributed by atoms with Crippen LogP contribution in [0.3, 0.4) is 0 Å². The van der Waals surface area contributed by atoms with Crippen molar-refractivity contribution >= 4 is 0 Å². The maximum absolute atomic E-state index is 13.5. The van der Waals surface area contributed by atoms with Crippen LogP contribution >= 0.6 is 0 Å². The summed E-state index contributed by atoms with van der Waals surface area (Å²) in [6, 6.07) is 9.92. The highest BCUT2D eigenvalue weighted by Gasteiger charge is 2.14. The summed E-state index contributed by atoms with van der Waals surface area (Å²) in [6.45, 7) is 0. The molecule has 0 heterocycles. The third kappa shape index (κ3) is 2.00. The molecule has 0 N–H and O–H groups in total. The monoisotopic (exact) mass is 233 g/mol. The van der Waals surface area contributed by atoms with Gasteiger partial charge in [0.1, 0.15) is 0 Å². The van der Waals surface area contributed by atoms with Crippen molar-refractivity contribution < 1.29 is 13.2 Å². The van der Waals surface area contributed by atoms with E-state index < -0.39 is 17.5 Å². The molecule has 0 aromatic heterocycles. The summed E-state index contributed by atoms with van der Waals surface area (Å²) in [6.07, 6.45) is 0. The van der Waals surface area contributed by atoms with Gasteiger partial charge in [0.15, 0.2) is 17.5 Å². The number of nitrogens with zero attached hydrogens (tertiary/aromatic N) is 1. The Kier molecular flexibility index (Phi) is 2.84. The lowest BCUT2D eigenvalue weighted by Gasteiger charge is -2.05. The zero-order valence-corrected chi connectivity index (χ0v) is 8.55. The zero-order valence-electron chi connectivity index (χ0n) is 8.55. The van der Waals surface area contributed by atoms with E-state index in [2.05, 4.69) is 0 Å². The molecule has 0 saturated carbocycles. The third-order valence-corrected chi connectivity index (χ3v) is 2.34. The molecule has 0 aliphatic heterocycles. The predicted octanol–water partition coefficient (Wildman–Crippen LogP) is 3.64. The first-order valence-electron chi connectivity index (χ1n) is 4.77. The van der Waals surface area contributed by atoms with Crippen LogP contribution in [0.15, 0.2) is 36.4 Å². The number of benzene rings is 2. The van der Waals surface area contributed by atoms with E-state index in [1.54, 1.807) is 12.1 Å². The molecular formula is C13H6F3N. The number of nitriles is 1. The number of hydrogen-bond donors (Lipinski definition) is 0. The Hall–Kier alpha value is -2.28. The smallest absolute Gasteiger partial charge is 0.195 e. The van der Waals surface area contributed by atoms with Crippen molar-refractivity contribution in [3.8, 4) is 17.2 Å². The molecule has 0 aliphatic carbocycles. The molecule has 0 atom stereocenters. The van der Waals surface area contributed by atoms with Gasteiger partial charge < -0.3 is 0 Å². The van der Waals surface area contributed by atoms with E-state index in [0.29, 0.717) is 11.1 Å². The second-order valence-corrected chi connectivity index (χ2v) is 3.42. The van der Waals surface area contributed by atoms with Crippen LogP contribution in [0, 0.1) is 28.8 Å². The van der Waals surface area contributed by atoms with Crippen molar-refractivity contribution in [3.05, 3.63) is 59.4 Å². The molecule has 0 saturated heterocycles. The predicted molar refractivity (Wildman–Crippen MR) is 56.5 cm³/mol. The van der Waals surface area contributed by atoms with Gasteiger partial charge in [-0.05, 0) is 29.8 Å². The minimum Gasteiger partial charge on any atom is -0.204 e. The number of rotatable bonds is 1. The molecule has 0 amide bonds. The van der Waals surface area contributed by atoms with Crippen LogP contribution in [-0.4, -0.2) is 0 Å². The summed E-state index contributed by atoms with van der Waals surface area (Å²) in [5, 5.41) is 8.70. The van der Waals surface area contributed by atoms with Crippen molar-refractivity contribution in [2.24, 2.45) is 0 Å². The normalized spacial score (nSPS) is 10.0. The van der Waals surface area contributed by atoms with Crippen LogP contribution in [0.1, 0.15) is 5.56 Å². The van der Waals surface area contributed by atoms with Gasteiger partial charge in [0.2, 0.25) is 0 Å². The van der Waals surface area contributed by atoms with Gasteiger partial charge in [-0.1, -0.05) is 12.1 Å². The molecule has 0 radical (unpaired) electrons. The van der Waals surface area contributed by atoms with Crippen molar-refractivity contribution in [1.29, 1.82) is 5.26 Å². The second kappa shape index (κ2) is 4.30. The lowest BCUT2D eigenvalue weighted by atomic mass is 10.0. The van der Waals surface area contributed by atoms with Crippen LogP contribution in [0.4, 0.5) is 13.2 Å². The summed E-state index contributed by atoms with van der Waals surface area (Å²) >= 11 is 0. The molecule has 0 unspecified atom stereocenters. The molecule has 0 spiro atoms. The largest absolute Gasteiger partial charge is 0.204 e. The van der Waals surface area contributed by atoms with E-state index in [1.165, 1.54) is 12.1 Å². The van der Waals surface area contributed by atoms with Gasteiger partial charge in [0, 0.05) is 5.56 Å². The van der Waals surface area contributed by atoms with Gasteiger partial charge in [-0.25, -0.2) is 13.2 Å². The highest BCUT2D eigenvalue weighted by Crippen LogP contribution is 2.26. The van der Waals surface area contributed by atoms with Crippen molar-refractivity contribution in [1.82, 2.24) is 0 Å². The Balaban J connectivity index is 2.61. The Morgan fingerprint density at radius 3 is 2.41 bits per heavy atom. The molecule has 4 heteroatoms. The zero-order chi connectivity index (χ0) is 12.4. The Morgan fingerprint density at radius 1 is 0.941 bits per heavy atom. The minimum atomic E-state index is -1.51. The second-order valence-electron chi connectivity index (χ2n) is 3.42. The van der Waals surface area contributed by atoms with Crippen LogP contribution in [0.5, 0.6) is 0 Å². The summed E-state index contributed by atoms with van der Waals surface area (Å²) in [5.41, 5.74) is 0.591. The van der Waals surface area contributed by atoms with Crippen LogP contribution < -0.4 is 0 Å². The summed E-state index contributed by atoms with van der Waals surface area (Å²) in [4.78, 5) is 0. The molecular weight excluding hydrogens is 227 g/mol. The lowest BCUT2D eigenvalue weighted by Crippen LogP contribution is -1.94. The first-order chi connectivity index (χ1) is 8.13. The third-order valence-electron chi connectivity index (χ3n) is 2.34. The van der Waals surface area contributed by atoms with Gasteiger partial charge in [-0.3, -0.25) is 0 Å². The van der Waals surface area contributed by atoms with Gasteiger partial charge in [0.05, 0.1) is 11.6 Å². The highest BCUT2D eigenvalue weighted by molar-refractivity contribution is 5.65. The van der Waals surface area contributed by atoms with Gasteiger partial charge in [0.25, 0.3) is 0 Å². The molecule has 2 aromatic rings. The van der Waals surface area contributed by atoms with Gasteiger partial charge >= 0.3 is 0 Å². The van der Waals surface area contributed by atoms with E-state index in [1.807, 2.05) is 6.07 Å². The first-order valence-corrected chi connectivity index (χ1v) is 4.77. The molecule has 1 nitrogen and oxygen atoms in total. The molecule has 2 rings (SSSR count). The van der Waals surface area contributed by atoms with Gasteiger partial charge in [-0.2, -0.15) is 5.26 Å².